The molecule has 0 spiro atoms. The molecule has 132 valence electrons. The van der Waals surface area contributed by atoms with Crippen LogP contribution in [0.1, 0.15) is 56.7 Å². The zero-order chi connectivity index (χ0) is 17.3. The third kappa shape index (κ3) is 4.10. The number of rotatable bonds is 3. The average molecular weight is 330 g/mol. The summed E-state index contributed by atoms with van der Waals surface area (Å²) in [5.41, 5.74) is 2.06. The van der Waals surface area contributed by atoms with E-state index >= 15 is 0 Å². The number of benzene rings is 1. The number of piperidine rings is 1. The molecule has 24 heavy (non-hydrogen) atoms. The molecule has 3 rings (SSSR count). The van der Waals surface area contributed by atoms with Gasteiger partial charge in [-0.25, -0.2) is 0 Å². The van der Waals surface area contributed by atoms with Crippen LogP contribution in [0.3, 0.4) is 0 Å². The van der Waals surface area contributed by atoms with Crippen molar-refractivity contribution < 1.29 is 9.53 Å². The van der Waals surface area contributed by atoms with E-state index in [9.17, 15) is 4.79 Å². The molecule has 0 bridgehead atoms. The molecule has 0 saturated carbocycles. The standard InChI is InChI=1S/C20H30N2O2/c1-14-5-6-18-16(11-14)17(13-20(2,3)24-18)21-19(23)12-15-7-9-22(4)10-8-15/h5-6,11,15,17H,7-10,12-13H2,1-4H3,(H,21,23). The fourth-order valence-corrected chi connectivity index (χ4v) is 3.88. The van der Waals surface area contributed by atoms with Crippen molar-refractivity contribution >= 4 is 5.91 Å². The van der Waals surface area contributed by atoms with Gasteiger partial charge in [0, 0.05) is 18.4 Å². The molecule has 1 aromatic rings. The molecule has 4 nitrogen and oxygen atoms in total. The summed E-state index contributed by atoms with van der Waals surface area (Å²) in [6.45, 7) is 8.46. The fraction of sp³-hybridized carbons (Fsp3) is 0.650. The summed E-state index contributed by atoms with van der Waals surface area (Å²) in [6, 6.07) is 6.28. The van der Waals surface area contributed by atoms with E-state index in [0.717, 1.165) is 43.7 Å². The highest BCUT2D eigenvalue weighted by Crippen LogP contribution is 2.40. The number of hydrogen-bond donors (Lipinski definition) is 1. The number of aryl methyl sites for hydroxylation is 1. The molecule has 0 aliphatic carbocycles. The first kappa shape index (κ1) is 17.3. The minimum absolute atomic E-state index is 0.0439. The maximum atomic E-state index is 12.6. The summed E-state index contributed by atoms with van der Waals surface area (Å²) in [5.74, 6) is 1.60. The number of amides is 1. The van der Waals surface area contributed by atoms with Crippen molar-refractivity contribution in [3.8, 4) is 5.75 Å². The molecule has 0 aromatic heterocycles. The lowest BCUT2D eigenvalue weighted by molar-refractivity contribution is -0.123. The van der Waals surface area contributed by atoms with Crippen molar-refractivity contribution in [2.75, 3.05) is 20.1 Å². The summed E-state index contributed by atoms with van der Waals surface area (Å²) in [5, 5.41) is 3.28. The third-order valence-corrected chi connectivity index (χ3v) is 5.27. The van der Waals surface area contributed by atoms with Crippen molar-refractivity contribution in [2.24, 2.45) is 5.92 Å². The molecule has 2 aliphatic rings. The number of ether oxygens (including phenoxy) is 1. The minimum atomic E-state index is -0.256. The van der Waals surface area contributed by atoms with E-state index in [1.54, 1.807) is 0 Å². The Labute approximate surface area is 145 Å². The molecule has 0 radical (unpaired) electrons. The van der Waals surface area contributed by atoms with Crippen LogP contribution in [-0.4, -0.2) is 36.5 Å². The van der Waals surface area contributed by atoms with Gasteiger partial charge in [0.05, 0.1) is 6.04 Å². The van der Waals surface area contributed by atoms with Crippen LogP contribution in [0.4, 0.5) is 0 Å². The molecule has 4 heteroatoms. The first-order chi connectivity index (χ1) is 11.3. The van der Waals surface area contributed by atoms with Crippen molar-refractivity contribution in [1.29, 1.82) is 0 Å². The maximum absolute atomic E-state index is 12.6. The molecule has 2 heterocycles. The highest BCUT2D eigenvalue weighted by Gasteiger charge is 2.34. The van der Waals surface area contributed by atoms with Crippen LogP contribution in [0, 0.1) is 12.8 Å². The van der Waals surface area contributed by atoms with Crippen LogP contribution in [0.15, 0.2) is 18.2 Å². The summed E-state index contributed by atoms with van der Waals surface area (Å²) < 4.78 is 6.09. The maximum Gasteiger partial charge on any atom is 0.220 e. The van der Waals surface area contributed by atoms with E-state index in [-0.39, 0.29) is 17.6 Å². The third-order valence-electron chi connectivity index (χ3n) is 5.27. The van der Waals surface area contributed by atoms with Gasteiger partial charge in [-0.3, -0.25) is 4.79 Å². The highest BCUT2D eigenvalue weighted by atomic mass is 16.5. The molecule has 1 amide bonds. The Morgan fingerprint density at radius 2 is 2.04 bits per heavy atom. The smallest absolute Gasteiger partial charge is 0.220 e. The monoisotopic (exact) mass is 330 g/mol. The first-order valence-corrected chi connectivity index (χ1v) is 9.10. The Balaban J connectivity index is 1.67. The largest absolute Gasteiger partial charge is 0.487 e. The van der Waals surface area contributed by atoms with Gasteiger partial charge in [0.1, 0.15) is 11.4 Å². The Morgan fingerprint density at radius 1 is 1.33 bits per heavy atom. The second-order valence-corrected chi connectivity index (χ2v) is 8.18. The molecule has 1 unspecified atom stereocenters. The molecular formula is C20H30N2O2. The Hall–Kier alpha value is -1.55. The number of carbonyl (C=O) groups is 1. The van der Waals surface area contributed by atoms with Crippen molar-refractivity contribution in [1.82, 2.24) is 10.2 Å². The quantitative estimate of drug-likeness (QED) is 0.923. The van der Waals surface area contributed by atoms with E-state index in [0.29, 0.717) is 12.3 Å². The molecular weight excluding hydrogens is 300 g/mol. The van der Waals surface area contributed by atoms with Gasteiger partial charge in [0.2, 0.25) is 5.91 Å². The summed E-state index contributed by atoms with van der Waals surface area (Å²) in [4.78, 5) is 14.9. The van der Waals surface area contributed by atoms with E-state index in [1.165, 1.54) is 5.56 Å². The predicted octanol–water partition coefficient (Wildman–Crippen LogP) is 3.45. The van der Waals surface area contributed by atoms with E-state index in [4.69, 9.17) is 4.74 Å². The second-order valence-electron chi connectivity index (χ2n) is 8.18. The molecule has 1 atom stereocenters. The molecule has 1 N–H and O–H groups in total. The lowest BCUT2D eigenvalue weighted by Gasteiger charge is -2.38. The van der Waals surface area contributed by atoms with Gasteiger partial charge < -0.3 is 15.0 Å². The zero-order valence-electron chi connectivity index (χ0n) is 15.4. The zero-order valence-corrected chi connectivity index (χ0v) is 15.4. The number of likely N-dealkylation sites (tertiary alicyclic amines) is 1. The van der Waals surface area contributed by atoms with Crippen LogP contribution in [0.2, 0.25) is 0 Å². The SMILES string of the molecule is Cc1ccc2c(c1)C(NC(=O)CC1CCN(C)CC1)CC(C)(C)O2. The number of nitrogens with one attached hydrogen (secondary N) is 1. The Kier molecular flexibility index (Phi) is 4.86. The Bertz CT molecular complexity index is 604. The molecule has 1 fully saturated rings. The number of carbonyl (C=O) groups excluding carboxylic acids is 1. The van der Waals surface area contributed by atoms with E-state index in [1.807, 2.05) is 6.07 Å². The van der Waals surface area contributed by atoms with Gasteiger partial charge in [-0.15, -0.1) is 0 Å². The topological polar surface area (TPSA) is 41.6 Å². The van der Waals surface area contributed by atoms with Crippen LogP contribution >= 0.6 is 0 Å². The summed E-state index contributed by atoms with van der Waals surface area (Å²) in [6.07, 6.45) is 3.70. The average Bonchev–Trinajstić information content (AvgIpc) is 2.49. The van der Waals surface area contributed by atoms with Gasteiger partial charge >= 0.3 is 0 Å². The van der Waals surface area contributed by atoms with E-state index < -0.39 is 0 Å². The molecule has 1 aromatic carbocycles. The predicted molar refractivity (Wildman–Crippen MR) is 96.2 cm³/mol. The molecule has 2 aliphatic heterocycles. The number of fused-ring (bicyclic) bond motifs is 1. The normalized spacial score (nSPS) is 24.1. The van der Waals surface area contributed by atoms with Crippen molar-refractivity contribution in [3.63, 3.8) is 0 Å². The fourth-order valence-electron chi connectivity index (χ4n) is 3.88. The van der Waals surface area contributed by atoms with Crippen LogP contribution in [0.25, 0.3) is 0 Å². The van der Waals surface area contributed by atoms with Gasteiger partial charge in [0.25, 0.3) is 0 Å². The summed E-state index contributed by atoms with van der Waals surface area (Å²) >= 11 is 0. The first-order valence-electron chi connectivity index (χ1n) is 9.10. The van der Waals surface area contributed by atoms with Crippen molar-refractivity contribution in [3.05, 3.63) is 29.3 Å². The van der Waals surface area contributed by atoms with Crippen LogP contribution in [-0.2, 0) is 4.79 Å². The molecule has 1 saturated heterocycles. The lowest BCUT2D eigenvalue weighted by atomic mass is 9.88. The minimum Gasteiger partial charge on any atom is -0.487 e. The van der Waals surface area contributed by atoms with Crippen LogP contribution < -0.4 is 10.1 Å². The number of nitrogens with zero attached hydrogens (tertiary/aromatic N) is 1. The lowest BCUT2D eigenvalue weighted by Crippen LogP contribution is -2.42. The van der Waals surface area contributed by atoms with Crippen molar-refractivity contribution in [2.45, 2.75) is 58.1 Å². The van der Waals surface area contributed by atoms with Gasteiger partial charge in [-0.05, 0) is 65.7 Å². The van der Waals surface area contributed by atoms with Gasteiger partial charge in [-0.1, -0.05) is 17.7 Å². The second kappa shape index (κ2) is 6.75. The Morgan fingerprint density at radius 3 is 2.75 bits per heavy atom. The van der Waals surface area contributed by atoms with Crippen LogP contribution in [0.5, 0.6) is 5.75 Å². The van der Waals surface area contributed by atoms with Gasteiger partial charge in [-0.2, -0.15) is 0 Å². The van der Waals surface area contributed by atoms with Gasteiger partial charge in [0.15, 0.2) is 0 Å². The van der Waals surface area contributed by atoms with E-state index in [2.05, 4.69) is 50.2 Å². The number of hydrogen-bond acceptors (Lipinski definition) is 3. The highest BCUT2D eigenvalue weighted by molar-refractivity contribution is 5.77. The summed E-state index contributed by atoms with van der Waals surface area (Å²) in [7, 11) is 2.15.